The molecule has 2 aromatic carbocycles. The first-order valence-corrected chi connectivity index (χ1v) is 7.65. The molecule has 0 unspecified atom stereocenters. The summed E-state index contributed by atoms with van der Waals surface area (Å²) in [5.41, 5.74) is 3.70. The first-order valence-electron chi connectivity index (χ1n) is 7.65. The van der Waals surface area contributed by atoms with Gasteiger partial charge in [0.05, 0.1) is 7.11 Å². The largest absolute Gasteiger partial charge is 0.497 e. The summed E-state index contributed by atoms with van der Waals surface area (Å²) in [6.45, 7) is 1.87. The maximum absolute atomic E-state index is 12.4. The van der Waals surface area contributed by atoms with Gasteiger partial charge in [0.1, 0.15) is 11.4 Å². The Balaban J connectivity index is 2.03. The van der Waals surface area contributed by atoms with Gasteiger partial charge in [0, 0.05) is 17.5 Å². The number of aryl methyl sites for hydroxylation is 1. The zero-order chi connectivity index (χ0) is 16.9. The van der Waals surface area contributed by atoms with E-state index in [1.807, 2.05) is 67.6 Å². The monoisotopic (exact) mass is 318 g/mol. The normalized spacial score (nSPS) is 10.9. The Morgan fingerprint density at radius 2 is 1.75 bits per heavy atom. The molecule has 0 amide bonds. The molecule has 0 atom stereocenters. The van der Waals surface area contributed by atoms with E-state index in [1.165, 1.54) is 0 Å². The van der Waals surface area contributed by atoms with Crippen LogP contribution in [0.5, 0.6) is 5.75 Å². The third-order valence-corrected chi connectivity index (χ3v) is 3.69. The van der Waals surface area contributed by atoms with Crippen LogP contribution in [-0.2, 0) is 0 Å². The summed E-state index contributed by atoms with van der Waals surface area (Å²) in [5, 5.41) is 0. The number of hydrogen-bond donors (Lipinski definition) is 1. The summed E-state index contributed by atoms with van der Waals surface area (Å²) >= 11 is 0. The van der Waals surface area contributed by atoms with E-state index in [0.717, 1.165) is 28.1 Å². The number of ether oxygens (including phenoxy) is 1. The molecule has 0 saturated heterocycles. The third kappa shape index (κ3) is 3.43. The van der Waals surface area contributed by atoms with E-state index in [-0.39, 0.29) is 5.56 Å². The number of aromatic nitrogens is 1. The Bertz CT molecular complexity index is 911. The Kier molecular flexibility index (Phi) is 4.57. The molecule has 0 saturated carbocycles. The molecule has 1 heterocycles. The number of aromatic amines is 1. The molecule has 0 aliphatic rings. The molecule has 0 fully saturated rings. The van der Waals surface area contributed by atoms with E-state index in [1.54, 1.807) is 13.3 Å². The number of aliphatic imine (C=N–C) groups is 1. The first-order chi connectivity index (χ1) is 11.7. The summed E-state index contributed by atoms with van der Waals surface area (Å²) in [6, 6.07) is 19.2. The van der Waals surface area contributed by atoms with Crippen LogP contribution in [0.2, 0.25) is 0 Å². The molecule has 1 aromatic heterocycles. The molecular formula is C20H18N2O2. The van der Waals surface area contributed by atoms with Crippen LogP contribution < -0.4 is 10.3 Å². The number of benzene rings is 2. The zero-order valence-electron chi connectivity index (χ0n) is 13.6. The molecule has 0 aliphatic carbocycles. The van der Waals surface area contributed by atoms with Crippen LogP contribution in [0.25, 0.3) is 11.1 Å². The van der Waals surface area contributed by atoms with E-state index in [0.29, 0.717) is 5.69 Å². The fourth-order valence-electron chi connectivity index (χ4n) is 2.48. The second-order valence-electron chi connectivity index (χ2n) is 5.44. The third-order valence-electron chi connectivity index (χ3n) is 3.69. The number of nitrogens with zero attached hydrogens (tertiary/aromatic N) is 1. The second kappa shape index (κ2) is 6.96. The lowest BCUT2D eigenvalue weighted by atomic mass is 10.0. The van der Waals surface area contributed by atoms with Crippen LogP contribution in [-0.4, -0.2) is 18.3 Å². The van der Waals surface area contributed by atoms with Gasteiger partial charge >= 0.3 is 0 Å². The van der Waals surface area contributed by atoms with Gasteiger partial charge in [-0.3, -0.25) is 4.79 Å². The highest BCUT2D eigenvalue weighted by Crippen LogP contribution is 2.27. The minimum Gasteiger partial charge on any atom is -0.497 e. The van der Waals surface area contributed by atoms with Crippen molar-refractivity contribution in [1.29, 1.82) is 0 Å². The SMILES string of the molecule is COc1ccc(C=Nc2c(-c3ccccc3)cc(C)[nH]c2=O)cc1. The number of hydrogen-bond acceptors (Lipinski definition) is 3. The Morgan fingerprint density at radius 1 is 1.04 bits per heavy atom. The van der Waals surface area contributed by atoms with Crippen LogP contribution in [0, 0.1) is 6.92 Å². The van der Waals surface area contributed by atoms with Gasteiger partial charge in [-0.2, -0.15) is 0 Å². The predicted molar refractivity (Wildman–Crippen MR) is 97.5 cm³/mol. The first kappa shape index (κ1) is 15.7. The molecule has 0 spiro atoms. The number of nitrogens with one attached hydrogen (secondary N) is 1. The molecule has 120 valence electrons. The van der Waals surface area contributed by atoms with Crippen LogP contribution in [0.1, 0.15) is 11.3 Å². The molecule has 0 bridgehead atoms. The maximum Gasteiger partial charge on any atom is 0.274 e. The Morgan fingerprint density at radius 3 is 2.42 bits per heavy atom. The highest BCUT2D eigenvalue weighted by Gasteiger charge is 2.09. The highest BCUT2D eigenvalue weighted by molar-refractivity contribution is 5.85. The van der Waals surface area contributed by atoms with Gasteiger partial charge in [-0.25, -0.2) is 4.99 Å². The molecule has 4 nitrogen and oxygen atoms in total. The number of H-pyrrole nitrogens is 1. The van der Waals surface area contributed by atoms with Crippen molar-refractivity contribution < 1.29 is 4.74 Å². The van der Waals surface area contributed by atoms with Gasteiger partial charge in [-0.1, -0.05) is 30.3 Å². The van der Waals surface area contributed by atoms with Crippen LogP contribution in [0.3, 0.4) is 0 Å². The van der Waals surface area contributed by atoms with E-state index < -0.39 is 0 Å². The van der Waals surface area contributed by atoms with E-state index in [4.69, 9.17) is 4.74 Å². The average Bonchev–Trinajstić information content (AvgIpc) is 2.61. The summed E-state index contributed by atoms with van der Waals surface area (Å²) < 4.78 is 5.14. The fraction of sp³-hybridized carbons (Fsp3) is 0.100. The standard InChI is InChI=1S/C20H18N2O2/c1-14-12-18(16-6-4-3-5-7-16)19(20(23)22-14)21-13-15-8-10-17(24-2)11-9-15/h3-13H,1-2H3,(H,22,23). The van der Waals surface area contributed by atoms with Gasteiger partial charge in [0.2, 0.25) is 0 Å². The molecular weight excluding hydrogens is 300 g/mol. The Hall–Kier alpha value is -3.14. The summed E-state index contributed by atoms with van der Waals surface area (Å²) in [6.07, 6.45) is 1.69. The fourth-order valence-corrected chi connectivity index (χ4v) is 2.48. The van der Waals surface area contributed by atoms with Crippen molar-refractivity contribution >= 4 is 11.9 Å². The average molecular weight is 318 g/mol. The van der Waals surface area contributed by atoms with Gasteiger partial charge in [-0.15, -0.1) is 0 Å². The Labute approximate surface area is 140 Å². The van der Waals surface area contributed by atoms with E-state index in [2.05, 4.69) is 9.98 Å². The van der Waals surface area contributed by atoms with Crippen LogP contribution in [0.15, 0.2) is 70.5 Å². The van der Waals surface area contributed by atoms with Crippen molar-refractivity contribution in [3.63, 3.8) is 0 Å². The van der Waals surface area contributed by atoms with Crippen molar-refractivity contribution in [2.45, 2.75) is 6.92 Å². The second-order valence-corrected chi connectivity index (χ2v) is 5.44. The smallest absolute Gasteiger partial charge is 0.274 e. The summed E-state index contributed by atoms with van der Waals surface area (Å²) in [5.74, 6) is 0.783. The van der Waals surface area contributed by atoms with Crippen LogP contribution >= 0.6 is 0 Å². The highest BCUT2D eigenvalue weighted by atomic mass is 16.5. The topological polar surface area (TPSA) is 54.4 Å². The van der Waals surface area contributed by atoms with Crippen molar-refractivity contribution in [2.24, 2.45) is 4.99 Å². The molecule has 4 heteroatoms. The lowest BCUT2D eigenvalue weighted by Crippen LogP contribution is -2.08. The minimum absolute atomic E-state index is 0.196. The number of rotatable bonds is 4. The van der Waals surface area contributed by atoms with Crippen molar-refractivity contribution in [1.82, 2.24) is 4.98 Å². The van der Waals surface area contributed by atoms with Gasteiger partial charge < -0.3 is 9.72 Å². The number of methoxy groups -OCH3 is 1. The molecule has 1 N–H and O–H groups in total. The van der Waals surface area contributed by atoms with Crippen molar-refractivity contribution in [3.8, 4) is 16.9 Å². The van der Waals surface area contributed by atoms with Crippen molar-refractivity contribution in [2.75, 3.05) is 7.11 Å². The predicted octanol–water partition coefficient (Wildman–Crippen LogP) is 4.11. The zero-order valence-corrected chi connectivity index (χ0v) is 13.6. The van der Waals surface area contributed by atoms with Crippen molar-refractivity contribution in [3.05, 3.63) is 82.3 Å². The molecule has 24 heavy (non-hydrogen) atoms. The number of pyridine rings is 1. The van der Waals surface area contributed by atoms with E-state index in [9.17, 15) is 4.79 Å². The van der Waals surface area contributed by atoms with E-state index >= 15 is 0 Å². The quantitative estimate of drug-likeness (QED) is 0.736. The molecule has 3 aromatic rings. The molecule has 0 aliphatic heterocycles. The molecule has 0 radical (unpaired) electrons. The lowest BCUT2D eigenvalue weighted by Gasteiger charge is -2.07. The van der Waals surface area contributed by atoms with Gasteiger partial charge in [-0.05, 0) is 48.4 Å². The summed E-state index contributed by atoms with van der Waals surface area (Å²) in [7, 11) is 1.63. The molecule has 3 rings (SSSR count). The summed E-state index contributed by atoms with van der Waals surface area (Å²) in [4.78, 5) is 19.6. The minimum atomic E-state index is -0.196. The van der Waals surface area contributed by atoms with Gasteiger partial charge in [0.15, 0.2) is 0 Å². The lowest BCUT2D eigenvalue weighted by molar-refractivity contribution is 0.415. The van der Waals surface area contributed by atoms with Gasteiger partial charge in [0.25, 0.3) is 5.56 Å². The maximum atomic E-state index is 12.4. The van der Waals surface area contributed by atoms with Crippen LogP contribution in [0.4, 0.5) is 5.69 Å².